The van der Waals surface area contributed by atoms with Gasteiger partial charge in [0.05, 0.1) is 12.2 Å². The second-order valence-corrected chi connectivity index (χ2v) is 3.40. The fourth-order valence-electron chi connectivity index (χ4n) is 1.48. The van der Waals surface area contributed by atoms with E-state index in [-0.39, 0.29) is 0 Å². The maximum absolute atomic E-state index is 10.7. The molecule has 0 bridgehead atoms. The molecule has 0 aromatic carbocycles. The van der Waals surface area contributed by atoms with E-state index in [9.17, 15) is 4.79 Å². The van der Waals surface area contributed by atoms with Gasteiger partial charge in [0.25, 0.3) is 0 Å². The molecule has 74 valence electrons. The Hall–Kier alpha value is -1.36. The van der Waals surface area contributed by atoms with Crippen molar-refractivity contribution >= 4 is 17.7 Å². The van der Waals surface area contributed by atoms with Crippen LogP contribution < -0.4 is 0 Å². The van der Waals surface area contributed by atoms with Crippen LogP contribution >= 0.6 is 11.6 Å². The second-order valence-electron chi connectivity index (χ2n) is 3.04. The zero-order chi connectivity index (χ0) is 10.1. The molecule has 1 aliphatic heterocycles. The average Bonchev–Trinajstić information content (AvgIpc) is 2.17. The summed E-state index contributed by atoms with van der Waals surface area (Å²) in [7, 11) is 0. The van der Waals surface area contributed by atoms with Crippen molar-refractivity contribution in [1.82, 2.24) is 14.9 Å². The van der Waals surface area contributed by atoms with E-state index in [1.54, 1.807) is 0 Å². The maximum Gasteiger partial charge on any atom is 0.407 e. The number of hydrogen-bond donors (Lipinski definition) is 1. The van der Waals surface area contributed by atoms with Crippen molar-refractivity contribution in [2.24, 2.45) is 0 Å². The van der Waals surface area contributed by atoms with Crippen LogP contribution in [0.15, 0.2) is 6.33 Å². The van der Waals surface area contributed by atoms with E-state index in [1.165, 1.54) is 11.2 Å². The minimum absolute atomic E-state index is 0.299. The van der Waals surface area contributed by atoms with Crippen molar-refractivity contribution < 1.29 is 9.90 Å². The lowest BCUT2D eigenvalue weighted by Gasteiger charge is -2.25. The molecule has 1 amide bonds. The first-order valence-electron chi connectivity index (χ1n) is 4.14. The Morgan fingerprint density at radius 1 is 1.57 bits per heavy atom. The topological polar surface area (TPSA) is 66.3 Å². The molecule has 0 atom stereocenters. The Bertz CT molecular complexity index is 383. The van der Waals surface area contributed by atoms with E-state index >= 15 is 0 Å². The van der Waals surface area contributed by atoms with Gasteiger partial charge in [-0.3, -0.25) is 0 Å². The molecule has 2 rings (SSSR count). The van der Waals surface area contributed by atoms with Gasteiger partial charge in [0, 0.05) is 12.1 Å². The normalized spacial score (nSPS) is 15.1. The van der Waals surface area contributed by atoms with Crippen LogP contribution in [0.25, 0.3) is 0 Å². The Morgan fingerprint density at radius 3 is 3.07 bits per heavy atom. The second kappa shape index (κ2) is 3.42. The lowest BCUT2D eigenvalue weighted by molar-refractivity contribution is 0.139. The Morgan fingerprint density at radius 2 is 2.36 bits per heavy atom. The van der Waals surface area contributed by atoms with Gasteiger partial charge in [-0.1, -0.05) is 11.6 Å². The highest BCUT2D eigenvalue weighted by molar-refractivity contribution is 6.30. The van der Waals surface area contributed by atoms with Gasteiger partial charge in [-0.2, -0.15) is 0 Å². The van der Waals surface area contributed by atoms with Crippen molar-refractivity contribution in [2.75, 3.05) is 6.54 Å². The summed E-state index contributed by atoms with van der Waals surface area (Å²) < 4.78 is 0. The number of rotatable bonds is 0. The predicted octanol–water partition coefficient (Wildman–Crippen LogP) is 1.17. The van der Waals surface area contributed by atoms with Crippen LogP contribution in [0.2, 0.25) is 5.15 Å². The Labute approximate surface area is 85.3 Å². The Kier molecular flexibility index (Phi) is 2.25. The average molecular weight is 214 g/mol. The van der Waals surface area contributed by atoms with Gasteiger partial charge < -0.3 is 10.0 Å². The molecule has 1 aromatic heterocycles. The standard InChI is InChI=1S/C8H8ClN3O2/c9-7-5-1-2-12(8(13)14)3-6(5)10-4-11-7/h4H,1-3H2,(H,13,14). The number of halogens is 1. The maximum atomic E-state index is 10.7. The number of amides is 1. The van der Waals surface area contributed by atoms with Crippen LogP contribution in [-0.2, 0) is 13.0 Å². The number of carbonyl (C=O) groups is 1. The summed E-state index contributed by atoms with van der Waals surface area (Å²) in [6, 6.07) is 0. The largest absolute Gasteiger partial charge is 0.465 e. The quantitative estimate of drug-likeness (QED) is 0.657. The highest BCUT2D eigenvalue weighted by Gasteiger charge is 2.22. The minimum atomic E-state index is -0.926. The first kappa shape index (κ1) is 9.21. The summed E-state index contributed by atoms with van der Waals surface area (Å²) in [5, 5.41) is 9.21. The fraction of sp³-hybridized carbons (Fsp3) is 0.375. The van der Waals surface area contributed by atoms with Crippen molar-refractivity contribution in [3.63, 3.8) is 0 Å². The summed E-state index contributed by atoms with van der Waals surface area (Å²) >= 11 is 5.85. The number of nitrogens with zero attached hydrogens (tertiary/aromatic N) is 3. The zero-order valence-electron chi connectivity index (χ0n) is 7.27. The van der Waals surface area contributed by atoms with Crippen LogP contribution in [0.5, 0.6) is 0 Å². The molecule has 14 heavy (non-hydrogen) atoms. The smallest absolute Gasteiger partial charge is 0.407 e. The zero-order valence-corrected chi connectivity index (χ0v) is 8.03. The molecular weight excluding hydrogens is 206 g/mol. The van der Waals surface area contributed by atoms with Gasteiger partial charge in [-0.15, -0.1) is 0 Å². The molecule has 1 aromatic rings. The van der Waals surface area contributed by atoms with E-state index in [2.05, 4.69) is 9.97 Å². The molecule has 0 saturated carbocycles. The molecule has 1 aliphatic rings. The lowest BCUT2D eigenvalue weighted by Crippen LogP contribution is -2.35. The number of aromatic nitrogens is 2. The van der Waals surface area contributed by atoms with Crippen LogP contribution in [0.1, 0.15) is 11.3 Å². The third kappa shape index (κ3) is 1.50. The van der Waals surface area contributed by atoms with Crippen molar-refractivity contribution in [3.05, 3.63) is 22.7 Å². The Balaban J connectivity index is 2.31. The number of hydrogen-bond acceptors (Lipinski definition) is 3. The fourth-order valence-corrected chi connectivity index (χ4v) is 1.72. The first-order chi connectivity index (χ1) is 6.68. The molecule has 2 heterocycles. The monoisotopic (exact) mass is 213 g/mol. The molecular formula is C8H8ClN3O2. The molecule has 0 unspecified atom stereocenters. The van der Waals surface area contributed by atoms with Gasteiger partial charge in [0.15, 0.2) is 0 Å². The molecule has 0 saturated heterocycles. The van der Waals surface area contributed by atoms with E-state index in [1.807, 2.05) is 0 Å². The molecule has 0 radical (unpaired) electrons. The van der Waals surface area contributed by atoms with E-state index in [0.29, 0.717) is 30.4 Å². The van der Waals surface area contributed by atoms with Gasteiger partial charge >= 0.3 is 6.09 Å². The molecule has 0 spiro atoms. The third-order valence-corrected chi connectivity index (χ3v) is 2.55. The minimum Gasteiger partial charge on any atom is -0.465 e. The lowest BCUT2D eigenvalue weighted by atomic mass is 10.1. The van der Waals surface area contributed by atoms with Crippen LogP contribution in [0, 0.1) is 0 Å². The summed E-state index contributed by atoms with van der Waals surface area (Å²) in [6.45, 7) is 0.752. The van der Waals surface area contributed by atoms with Crippen molar-refractivity contribution in [2.45, 2.75) is 13.0 Å². The van der Waals surface area contributed by atoms with Crippen molar-refractivity contribution in [3.8, 4) is 0 Å². The SMILES string of the molecule is O=C(O)N1CCc2c(Cl)ncnc2C1. The van der Waals surface area contributed by atoms with E-state index in [4.69, 9.17) is 16.7 Å². The van der Waals surface area contributed by atoms with Gasteiger partial charge in [0.2, 0.25) is 0 Å². The molecule has 1 N–H and O–H groups in total. The van der Waals surface area contributed by atoms with Crippen LogP contribution in [0.4, 0.5) is 4.79 Å². The van der Waals surface area contributed by atoms with Crippen LogP contribution in [-0.4, -0.2) is 32.6 Å². The van der Waals surface area contributed by atoms with E-state index < -0.39 is 6.09 Å². The van der Waals surface area contributed by atoms with Gasteiger partial charge in [-0.25, -0.2) is 14.8 Å². The third-order valence-electron chi connectivity index (χ3n) is 2.22. The molecule has 6 heteroatoms. The highest BCUT2D eigenvalue weighted by Crippen LogP contribution is 2.21. The summed E-state index contributed by atoms with van der Waals surface area (Å²) in [4.78, 5) is 19.9. The summed E-state index contributed by atoms with van der Waals surface area (Å²) in [6.07, 6.45) is 1.01. The summed E-state index contributed by atoms with van der Waals surface area (Å²) in [5.74, 6) is 0. The van der Waals surface area contributed by atoms with E-state index in [0.717, 1.165) is 5.56 Å². The van der Waals surface area contributed by atoms with Crippen molar-refractivity contribution in [1.29, 1.82) is 0 Å². The predicted molar refractivity (Wildman–Crippen MR) is 49.2 cm³/mol. The van der Waals surface area contributed by atoms with Gasteiger partial charge in [-0.05, 0) is 6.42 Å². The van der Waals surface area contributed by atoms with Crippen LogP contribution in [0.3, 0.4) is 0 Å². The molecule has 0 fully saturated rings. The number of carboxylic acid groups (broad SMARTS) is 1. The first-order valence-corrected chi connectivity index (χ1v) is 4.52. The van der Waals surface area contributed by atoms with Gasteiger partial charge in [0.1, 0.15) is 11.5 Å². The molecule has 0 aliphatic carbocycles. The summed E-state index contributed by atoms with van der Waals surface area (Å²) in [5.41, 5.74) is 1.57. The molecule has 5 nitrogen and oxygen atoms in total. The number of fused-ring (bicyclic) bond motifs is 1. The highest BCUT2D eigenvalue weighted by atomic mass is 35.5.